The molecule has 0 heterocycles. The lowest BCUT2D eigenvalue weighted by molar-refractivity contribution is -0.121. The molecule has 0 fully saturated rings. The van der Waals surface area contributed by atoms with Crippen molar-refractivity contribution in [2.75, 3.05) is 20.7 Å². The third-order valence-corrected chi connectivity index (χ3v) is 6.52. The average Bonchev–Trinajstić information content (AvgIpc) is 2.68. The number of ether oxygens (including phenoxy) is 1. The van der Waals surface area contributed by atoms with E-state index in [1.165, 1.54) is 30.6 Å². The number of amides is 1. The molecule has 2 aromatic carbocycles. The second-order valence-electron chi connectivity index (χ2n) is 6.45. The van der Waals surface area contributed by atoms with Crippen molar-refractivity contribution >= 4 is 27.5 Å². The maximum Gasteiger partial charge on any atom is 0.242 e. The Labute approximate surface area is 171 Å². The Kier molecular flexibility index (Phi) is 7.86. The number of nitrogens with one attached hydrogen (secondary N) is 1. The minimum absolute atomic E-state index is 0.127. The van der Waals surface area contributed by atoms with Crippen LogP contribution in [0, 0.1) is 0 Å². The monoisotopic (exact) mass is 424 g/mol. The van der Waals surface area contributed by atoms with Crippen LogP contribution < -0.4 is 10.1 Å². The Morgan fingerprint density at radius 1 is 1.14 bits per heavy atom. The molecule has 1 N–H and O–H groups in total. The van der Waals surface area contributed by atoms with Crippen LogP contribution in [0.2, 0.25) is 5.02 Å². The average molecular weight is 425 g/mol. The smallest absolute Gasteiger partial charge is 0.242 e. The van der Waals surface area contributed by atoms with Crippen molar-refractivity contribution in [2.24, 2.45) is 0 Å². The summed E-state index contributed by atoms with van der Waals surface area (Å²) in [5.41, 5.74) is 0.956. The fraction of sp³-hybridized carbons (Fsp3) is 0.350. The van der Waals surface area contributed by atoms with Gasteiger partial charge in [-0.2, -0.15) is 0 Å². The van der Waals surface area contributed by atoms with Crippen LogP contribution in [0.3, 0.4) is 0 Å². The SMILES string of the molecule is COc1ccc(S(=O)(=O)N(C)CCCC(=O)N[C@@H](C)c2ccc(Cl)cc2)cc1. The van der Waals surface area contributed by atoms with Crippen LogP contribution in [0.4, 0.5) is 0 Å². The summed E-state index contributed by atoms with van der Waals surface area (Å²) in [4.78, 5) is 12.3. The number of rotatable bonds is 9. The summed E-state index contributed by atoms with van der Waals surface area (Å²) in [6.07, 6.45) is 0.658. The van der Waals surface area contributed by atoms with Crippen molar-refractivity contribution < 1.29 is 17.9 Å². The molecule has 6 nitrogen and oxygen atoms in total. The van der Waals surface area contributed by atoms with Crippen molar-refractivity contribution in [1.29, 1.82) is 0 Å². The highest BCUT2D eigenvalue weighted by molar-refractivity contribution is 7.89. The molecule has 0 unspecified atom stereocenters. The highest BCUT2D eigenvalue weighted by Crippen LogP contribution is 2.19. The molecule has 0 radical (unpaired) electrons. The Bertz CT molecular complexity index is 883. The van der Waals surface area contributed by atoms with Gasteiger partial charge in [-0.1, -0.05) is 23.7 Å². The zero-order chi connectivity index (χ0) is 20.7. The Hall–Kier alpha value is -2.09. The van der Waals surface area contributed by atoms with Crippen molar-refractivity contribution in [3.63, 3.8) is 0 Å². The normalized spacial score (nSPS) is 12.6. The maximum atomic E-state index is 12.6. The lowest BCUT2D eigenvalue weighted by Gasteiger charge is -2.18. The van der Waals surface area contributed by atoms with E-state index in [1.807, 2.05) is 19.1 Å². The summed E-state index contributed by atoms with van der Waals surface area (Å²) in [7, 11) is -0.568. The zero-order valence-corrected chi connectivity index (χ0v) is 17.8. The first-order valence-corrected chi connectivity index (χ1v) is 10.7. The number of benzene rings is 2. The molecule has 152 valence electrons. The minimum Gasteiger partial charge on any atom is -0.497 e. The summed E-state index contributed by atoms with van der Waals surface area (Å²) in [6.45, 7) is 2.14. The number of sulfonamides is 1. The summed E-state index contributed by atoms with van der Waals surface area (Å²) >= 11 is 5.87. The number of nitrogens with zero attached hydrogens (tertiary/aromatic N) is 1. The van der Waals surface area contributed by atoms with Crippen LogP contribution in [0.1, 0.15) is 31.4 Å². The number of hydrogen-bond acceptors (Lipinski definition) is 4. The van der Waals surface area contributed by atoms with E-state index in [1.54, 1.807) is 24.3 Å². The van der Waals surface area contributed by atoms with E-state index in [0.29, 0.717) is 17.2 Å². The first-order chi connectivity index (χ1) is 13.2. The van der Waals surface area contributed by atoms with Crippen LogP contribution >= 0.6 is 11.6 Å². The van der Waals surface area contributed by atoms with Crippen molar-refractivity contribution in [1.82, 2.24) is 9.62 Å². The molecule has 0 saturated carbocycles. The van der Waals surface area contributed by atoms with E-state index >= 15 is 0 Å². The van der Waals surface area contributed by atoms with Crippen molar-refractivity contribution in [3.05, 3.63) is 59.1 Å². The second-order valence-corrected chi connectivity index (χ2v) is 8.93. The highest BCUT2D eigenvalue weighted by atomic mass is 35.5. The third-order valence-electron chi connectivity index (χ3n) is 4.39. The van der Waals surface area contributed by atoms with Gasteiger partial charge in [-0.3, -0.25) is 4.79 Å². The van der Waals surface area contributed by atoms with Gasteiger partial charge in [0, 0.05) is 25.0 Å². The number of methoxy groups -OCH3 is 1. The predicted molar refractivity (Wildman–Crippen MR) is 110 cm³/mol. The molecule has 1 amide bonds. The quantitative estimate of drug-likeness (QED) is 0.667. The van der Waals surface area contributed by atoms with Crippen LogP contribution in [-0.4, -0.2) is 39.3 Å². The number of halogens is 1. The summed E-state index contributed by atoms with van der Waals surface area (Å²) in [5, 5.41) is 3.55. The maximum absolute atomic E-state index is 12.6. The van der Waals surface area contributed by atoms with E-state index in [0.717, 1.165) is 5.56 Å². The summed E-state index contributed by atoms with van der Waals surface area (Å²) in [5.74, 6) is 0.464. The molecule has 0 aliphatic rings. The topological polar surface area (TPSA) is 75.7 Å². The number of carbonyl (C=O) groups is 1. The van der Waals surface area contributed by atoms with E-state index < -0.39 is 10.0 Å². The highest BCUT2D eigenvalue weighted by Gasteiger charge is 2.20. The van der Waals surface area contributed by atoms with E-state index in [4.69, 9.17) is 16.3 Å². The lowest BCUT2D eigenvalue weighted by atomic mass is 10.1. The molecule has 28 heavy (non-hydrogen) atoms. The first-order valence-electron chi connectivity index (χ1n) is 8.89. The largest absolute Gasteiger partial charge is 0.497 e. The van der Waals surface area contributed by atoms with Crippen LogP contribution in [0.5, 0.6) is 5.75 Å². The number of carbonyl (C=O) groups excluding carboxylic acids is 1. The molecule has 8 heteroatoms. The molecule has 0 aliphatic carbocycles. The molecule has 1 atom stereocenters. The Morgan fingerprint density at radius 3 is 2.32 bits per heavy atom. The number of hydrogen-bond donors (Lipinski definition) is 1. The molecular formula is C20H25ClN2O4S. The van der Waals surface area contributed by atoms with Gasteiger partial charge >= 0.3 is 0 Å². The standard InChI is InChI=1S/C20H25ClN2O4S/c1-15(16-6-8-17(21)9-7-16)22-20(24)5-4-14-23(2)28(25,26)19-12-10-18(27-3)11-13-19/h6-13,15H,4-5,14H2,1-3H3,(H,22,24)/t15-/m0/s1. The van der Waals surface area contributed by atoms with Gasteiger partial charge in [-0.05, 0) is 55.3 Å². The Balaban J connectivity index is 1.83. The third kappa shape index (κ3) is 5.95. The van der Waals surface area contributed by atoms with Gasteiger partial charge in [-0.15, -0.1) is 0 Å². The second kappa shape index (κ2) is 9.91. The molecule has 0 aromatic heterocycles. The van der Waals surface area contributed by atoms with Crippen LogP contribution in [0.25, 0.3) is 0 Å². The van der Waals surface area contributed by atoms with E-state index in [9.17, 15) is 13.2 Å². The lowest BCUT2D eigenvalue weighted by Crippen LogP contribution is -2.30. The molecule has 0 bridgehead atoms. The van der Waals surface area contributed by atoms with Gasteiger partial charge in [0.25, 0.3) is 0 Å². The molecule has 2 rings (SSSR count). The van der Waals surface area contributed by atoms with Gasteiger partial charge in [0.15, 0.2) is 0 Å². The fourth-order valence-electron chi connectivity index (χ4n) is 2.66. The van der Waals surface area contributed by atoms with Gasteiger partial charge < -0.3 is 10.1 Å². The predicted octanol–water partition coefficient (Wildman–Crippen LogP) is 3.63. The van der Waals surface area contributed by atoms with Crippen molar-refractivity contribution in [2.45, 2.75) is 30.7 Å². The van der Waals surface area contributed by atoms with E-state index in [-0.39, 0.29) is 29.8 Å². The Morgan fingerprint density at radius 2 is 1.75 bits per heavy atom. The fourth-order valence-corrected chi connectivity index (χ4v) is 3.99. The first kappa shape index (κ1) is 22.2. The van der Waals surface area contributed by atoms with E-state index in [2.05, 4.69) is 5.32 Å². The van der Waals surface area contributed by atoms with Gasteiger partial charge in [0.1, 0.15) is 5.75 Å². The summed E-state index contributed by atoms with van der Waals surface area (Å²) in [6, 6.07) is 13.3. The molecule has 2 aromatic rings. The molecular weight excluding hydrogens is 400 g/mol. The minimum atomic E-state index is -3.60. The van der Waals surface area contributed by atoms with Crippen LogP contribution in [-0.2, 0) is 14.8 Å². The molecule has 0 aliphatic heterocycles. The van der Waals surface area contributed by atoms with Gasteiger partial charge in [-0.25, -0.2) is 12.7 Å². The van der Waals surface area contributed by atoms with Crippen molar-refractivity contribution in [3.8, 4) is 5.75 Å². The van der Waals surface area contributed by atoms with Gasteiger partial charge in [0.05, 0.1) is 18.0 Å². The van der Waals surface area contributed by atoms with Gasteiger partial charge in [0.2, 0.25) is 15.9 Å². The van der Waals surface area contributed by atoms with Crippen LogP contribution in [0.15, 0.2) is 53.4 Å². The zero-order valence-electron chi connectivity index (χ0n) is 16.2. The molecule has 0 saturated heterocycles. The molecule has 0 spiro atoms. The summed E-state index contributed by atoms with van der Waals surface area (Å²) < 4.78 is 31.4.